The van der Waals surface area contributed by atoms with E-state index >= 15 is 0 Å². The van der Waals surface area contributed by atoms with Crippen molar-refractivity contribution in [3.63, 3.8) is 0 Å². The first-order chi connectivity index (χ1) is 33.2. The summed E-state index contributed by atoms with van der Waals surface area (Å²) < 4.78 is 6.53. The fourth-order valence-corrected chi connectivity index (χ4v) is 10.9. The minimum atomic E-state index is -0.604. The molecule has 0 saturated carbocycles. The molecule has 0 unspecified atom stereocenters. The molecule has 0 bridgehead atoms. The van der Waals surface area contributed by atoms with Crippen molar-refractivity contribution in [3.05, 3.63) is 283 Å². The molecule has 1 aliphatic rings. The van der Waals surface area contributed by atoms with E-state index in [4.69, 9.17) is 4.42 Å². The second kappa shape index (κ2) is 15.8. The van der Waals surface area contributed by atoms with Crippen LogP contribution in [0.15, 0.2) is 265 Å². The van der Waals surface area contributed by atoms with Gasteiger partial charge in [0.15, 0.2) is 0 Å². The highest BCUT2D eigenvalue weighted by Crippen LogP contribution is 2.58. The lowest BCUT2D eigenvalue weighted by molar-refractivity contribution is 0.670. The third kappa shape index (κ3) is 6.26. The molecule has 1 heterocycles. The van der Waals surface area contributed by atoms with Gasteiger partial charge in [0, 0.05) is 33.4 Å². The molecule has 2 nitrogen and oxygen atoms in total. The molecular formula is C65H43NO. The zero-order chi connectivity index (χ0) is 44.3. The van der Waals surface area contributed by atoms with Gasteiger partial charge in [-0.25, -0.2) is 0 Å². The van der Waals surface area contributed by atoms with Crippen molar-refractivity contribution in [2.24, 2.45) is 0 Å². The van der Waals surface area contributed by atoms with Crippen LogP contribution in [-0.2, 0) is 5.41 Å². The molecule has 0 atom stereocenters. The highest BCUT2D eigenvalue weighted by Gasteiger charge is 2.46. The molecule has 1 aliphatic carbocycles. The smallest absolute Gasteiger partial charge is 0.143 e. The molecule has 0 saturated heterocycles. The summed E-state index contributed by atoms with van der Waals surface area (Å²) in [5.74, 6) is 0. The normalized spacial score (nSPS) is 12.6. The van der Waals surface area contributed by atoms with Gasteiger partial charge in [0.25, 0.3) is 0 Å². The van der Waals surface area contributed by atoms with E-state index in [1.807, 2.05) is 6.07 Å². The zero-order valence-corrected chi connectivity index (χ0v) is 36.7. The van der Waals surface area contributed by atoms with E-state index in [1.54, 1.807) is 0 Å². The fourth-order valence-electron chi connectivity index (χ4n) is 10.9. The molecule has 314 valence electrons. The van der Waals surface area contributed by atoms with Crippen LogP contribution in [-0.4, -0.2) is 0 Å². The first-order valence-corrected chi connectivity index (χ1v) is 23.1. The molecule has 0 amide bonds. The summed E-state index contributed by atoms with van der Waals surface area (Å²) in [6.07, 6.45) is 0. The van der Waals surface area contributed by atoms with E-state index in [9.17, 15) is 0 Å². The van der Waals surface area contributed by atoms with Gasteiger partial charge in [0.2, 0.25) is 0 Å². The van der Waals surface area contributed by atoms with Gasteiger partial charge >= 0.3 is 0 Å². The summed E-state index contributed by atoms with van der Waals surface area (Å²) >= 11 is 0. The van der Waals surface area contributed by atoms with Crippen molar-refractivity contribution < 1.29 is 4.42 Å². The molecule has 2 heteroatoms. The zero-order valence-electron chi connectivity index (χ0n) is 36.7. The van der Waals surface area contributed by atoms with Crippen molar-refractivity contribution in [2.75, 3.05) is 4.90 Å². The van der Waals surface area contributed by atoms with Crippen LogP contribution in [0.4, 0.5) is 17.1 Å². The van der Waals surface area contributed by atoms with Crippen LogP contribution >= 0.6 is 0 Å². The summed E-state index contributed by atoms with van der Waals surface area (Å²) in [5.41, 5.74) is 18.9. The summed E-state index contributed by atoms with van der Waals surface area (Å²) in [7, 11) is 0. The fraction of sp³-hybridized carbons (Fsp3) is 0.0154. The van der Waals surface area contributed by atoms with E-state index in [2.05, 4.69) is 260 Å². The maximum Gasteiger partial charge on any atom is 0.143 e. The lowest BCUT2D eigenvalue weighted by Crippen LogP contribution is -2.28. The minimum absolute atomic E-state index is 0.604. The first kappa shape index (κ1) is 38.7. The van der Waals surface area contributed by atoms with Crippen LogP contribution in [0.3, 0.4) is 0 Å². The van der Waals surface area contributed by atoms with E-state index in [0.717, 1.165) is 50.1 Å². The Morgan fingerprint density at radius 1 is 0.299 bits per heavy atom. The lowest BCUT2D eigenvalue weighted by atomic mass is 9.67. The Morgan fingerprint density at radius 2 is 0.836 bits per heavy atom. The van der Waals surface area contributed by atoms with Gasteiger partial charge in [-0.1, -0.05) is 212 Å². The Balaban J connectivity index is 1.05. The van der Waals surface area contributed by atoms with Gasteiger partial charge in [-0.2, -0.15) is 0 Å². The van der Waals surface area contributed by atoms with Crippen molar-refractivity contribution in [3.8, 4) is 44.5 Å². The molecule has 0 N–H and O–H groups in total. The van der Waals surface area contributed by atoms with E-state index < -0.39 is 5.41 Å². The van der Waals surface area contributed by atoms with Crippen molar-refractivity contribution >= 4 is 49.8 Å². The number of nitrogens with zero attached hydrogens (tertiary/aromatic N) is 1. The SMILES string of the molecule is c1ccc(-c2ccc3c(c2)C(c2ccccc2)(c2ccccc2)c2cc(N(c4ccc(-c5cccc6c5oc5ccccc56)cc4)c4cc(-c5ccccc5)c5ccccc5c4)ccc2-3)cc1. The quantitative estimate of drug-likeness (QED) is 0.151. The third-order valence-electron chi connectivity index (χ3n) is 13.9. The van der Waals surface area contributed by atoms with Crippen LogP contribution in [0, 0.1) is 0 Å². The second-order valence-electron chi connectivity index (χ2n) is 17.6. The number of para-hydroxylation sites is 2. The van der Waals surface area contributed by atoms with Gasteiger partial charge in [-0.15, -0.1) is 0 Å². The molecular weight excluding hydrogens is 811 g/mol. The summed E-state index contributed by atoms with van der Waals surface area (Å²) in [5, 5.41) is 4.66. The Morgan fingerprint density at radius 3 is 1.55 bits per heavy atom. The third-order valence-corrected chi connectivity index (χ3v) is 13.9. The maximum absolute atomic E-state index is 6.53. The molecule has 11 aromatic carbocycles. The Hall–Kier alpha value is -8.72. The van der Waals surface area contributed by atoms with Gasteiger partial charge in [-0.3, -0.25) is 0 Å². The standard InChI is InChI=1S/C65H43NO/c1-5-18-44(19-6-1)47-34-38-56-57-39-37-52(43-62(57)65(61(56)41-47,49-23-9-3-10-24-49)50-25-11-4-12-26-50)66(53-40-48-22-13-14-27-54(48)60(42-53)45-20-7-2-8-21-45)51-35-32-46(33-36-51)55-29-17-30-59-58-28-15-16-31-63(58)67-64(55)59/h1-43H. The van der Waals surface area contributed by atoms with E-state index in [0.29, 0.717) is 0 Å². The summed E-state index contributed by atoms with van der Waals surface area (Å²) in [6, 6.07) is 95.3. The van der Waals surface area contributed by atoms with Crippen LogP contribution in [0.1, 0.15) is 22.3 Å². The average molecular weight is 854 g/mol. The number of anilines is 3. The lowest BCUT2D eigenvalue weighted by Gasteiger charge is -2.35. The van der Waals surface area contributed by atoms with Gasteiger partial charge in [-0.05, 0) is 121 Å². The predicted octanol–water partition coefficient (Wildman–Crippen LogP) is 17.6. The number of furan rings is 1. The average Bonchev–Trinajstić information content (AvgIpc) is 3.93. The topological polar surface area (TPSA) is 16.4 Å². The van der Waals surface area contributed by atoms with Crippen LogP contribution in [0.5, 0.6) is 0 Å². The van der Waals surface area contributed by atoms with Crippen molar-refractivity contribution in [1.82, 2.24) is 0 Å². The minimum Gasteiger partial charge on any atom is -0.455 e. The molecule has 12 aromatic rings. The van der Waals surface area contributed by atoms with Gasteiger partial charge in [0.1, 0.15) is 11.2 Å². The van der Waals surface area contributed by atoms with Gasteiger partial charge in [0.05, 0.1) is 5.41 Å². The molecule has 1 aromatic heterocycles. The Labute approximate surface area is 390 Å². The van der Waals surface area contributed by atoms with Crippen LogP contribution in [0.2, 0.25) is 0 Å². The molecule has 0 fully saturated rings. The highest BCUT2D eigenvalue weighted by molar-refractivity contribution is 6.09. The largest absolute Gasteiger partial charge is 0.455 e. The van der Waals surface area contributed by atoms with Gasteiger partial charge < -0.3 is 9.32 Å². The van der Waals surface area contributed by atoms with E-state index in [-0.39, 0.29) is 0 Å². The molecule has 0 aliphatic heterocycles. The molecule has 0 radical (unpaired) electrons. The summed E-state index contributed by atoms with van der Waals surface area (Å²) in [6.45, 7) is 0. The maximum atomic E-state index is 6.53. The number of fused-ring (bicyclic) bond motifs is 7. The molecule has 0 spiro atoms. The van der Waals surface area contributed by atoms with E-state index in [1.165, 1.54) is 66.4 Å². The van der Waals surface area contributed by atoms with Crippen LogP contribution in [0.25, 0.3) is 77.2 Å². The first-order valence-electron chi connectivity index (χ1n) is 23.1. The predicted molar refractivity (Wildman–Crippen MR) is 280 cm³/mol. The summed E-state index contributed by atoms with van der Waals surface area (Å²) in [4.78, 5) is 2.45. The van der Waals surface area contributed by atoms with Crippen molar-refractivity contribution in [1.29, 1.82) is 0 Å². The molecule has 13 rings (SSSR count). The highest BCUT2D eigenvalue weighted by atomic mass is 16.3. The Kier molecular flexibility index (Phi) is 9.11. The van der Waals surface area contributed by atoms with Crippen molar-refractivity contribution in [2.45, 2.75) is 5.41 Å². The Bertz CT molecular complexity index is 3740. The molecule has 67 heavy (non-hydrogen) atoms. The monoisotopic (exact) mass is 853 g/mol. The number of hydrogen-bond donors (Lipinski definition) is 0. The second-order valence-corrected chi connectivity index (χ2v) is 17.6. The number of benzene rings is 11. The van der Waals surface area contributed by atoms with Crippen LogP contribution < -0.4 is 4.90 Å². The number of rotatable bonds is 8. The number of hydrogen-bond acceptors (Lipinski definition) is 2.